The zero-order valence-electron chi connectivity index (χ0n) is 11.5. The van der Waals surface area contributed by atoms with Gasteiger partial charge in [-0.1, -0.05) is 0 Å². The van der Waals surface area contributed by atoms with Gasteiger partial charge in [-0.25, -0.2) is 8.78 Å². The summed E-state index contributed by atoms with van der Waals surface area (Å²) in [7, 11) is 0. The quantitative estimate of drug-likeness (QED) is 0.900. The van der Waals surface area contributed by atoms with Gasteiger partial charge in [-0.3, -0.25) is 4.79 Å². The average molecular weight is 285 g/mol. The van der Waals surface area contributed by atoms with Crippen LogP contribution >= 0.6 is 0 Å². The first kappa shape index (κ1) is 15.0. The topological polar surface area (TPSA) is 51.3 Å². The molecular weight excluding hydrogens is 264 g/mol. The van der Waals surface area contributed by atoms with Crippen LogP contribution < -0.4 is 5.73 Å². The standard InChI is InChI=1S/C14H21F2N3O/c15-13(16)10-18-8-3-5-12(18)14(20)19-9-2-1-4-11(19)6-7-17/h3,5,8,11,13H,1-2,4,6-7,9-10,17H2. The van der Waals surface area contributed by atoms with Crippen LogP contribution in [0.1, 0.15) is 36.2 Å². The van der Waals surface area contributed by atoms with Crippen molar-refractivity contribution in [2.24, 2.45) is 5.73 Å². The van der Waals surface area contributed by atoms with Gasteiger partial charge >= 0.3 is 0 Å². The number of amides is 1. The van der Waals surface area contributed by atoms with Gasteiger partial charge in [0.1, 0.15) is 5.69 Å². The average Bonchev–Trinajstić information content (AvgIpc) is 2.86. The number of alkyl halides is 2. The van der Waals surface area contributed by atoms with E-state index in [-0.39, 0.29) is 11.9 Å². The first-order chi connectivity index (χ1) is 9.63. The number of hydrogen-bond donors (Lipinski definition) is 1. The van der Waals surface area contributed by atoms with Gasteiger partial charge in [0.25, 0.3) is 12.3 Å². The second-order valence-corrected chi connectivity index (χ2v) is 5.16. The fraction of sp³-hybridized carbons (Fsp3) is 0.643. The fourth-order valence-electron chi connectivity index (χ4n) is 2.82. The van der Waals surface area contributed by atoms with Crippen molar-refractivity contribution in [3.63, 3.8) is 0 Å². The Morgan fingerprint density at radius 3 is 2.95 bits per heavy atom. The summed E-state index contributed by atoms with van der Waals surface area (Å²) in [6, 6.07) is 3.38. The number of nitrogens with zero attached hydrogens (tertiary/aromatic N) is 2. The van der Waals surface area contributed by atoms with Crippen LogP contribution in [0.25, 0.3) is 0 Å². The van der Waals surface area contributed by atoms with Gasteiger partial charge in [-0.2, -0.15) is 0 Å². The molecule has 20 heavy (non-hydrogen) atoms. The SMILES string of the molecule is NCCC1CCCCN1C(=O)c1cccn1CC(F)F. The summed E-state index contributed by atoms with van der Waals surface area (Å²) in [4.78, 5) is 14.4. The highest BCUT2D eigenvalue weighted by atomic mass is 19.3. The maximum Gasteiger partial charge on any atom is 0.270 e. The molecule has 0 aromatic carbocycles. The second-order valence-electron chi connectivity index (χ2n) is 5.16. The minimum atomic E-state index is -2.46. The van der Waals surface area contributed by atoms with E-state index >= 15 is 0 Å². The number of halogens is 2. The van der Waals surface area contributed by atoms with E-state index in [0.29, 0.717) is 18.8 Å². The molecule has 1 unspecified atom stereocenters. The number of rotatable bonds is 5. The number of carbonyl (C=O) groups is 1. The molecule has 1 fully saturated rings. The smallest absolute Gasteiger partial charge is 0.270 e. The molecule has 0 spiro atoms. The lowest BCUT2D eigenvalue weighted by Gasteiger charge is -2.35. The lowest BCUT2D eigenvalue weighted by Crippen LogP contribution is -2.45. The molecule has 1 aromatic rings. The highest BCUT2D eigenvalue weighted by molar-refractivity contribution is 5.93. The molecule has 2 heterocycles. The minimum Gasteiger partial charge on any atom is -0.338 e. The van der Waals surface area contributed by atoms with E-state index in [9.17, 15) is 13.6 Å². The van der Waals surface area contributed by atoms with Crippen molar-refractivity contribution in [1.29, 1.82) is 0 Å². The van der Waals surface area contributed by atoms with Gasteiger partial charge in [0.05, 0.1) is 6.54 Å². The summed E-state index contributed by atoms with van der Waals surface area (Å²) in [5.41, 5.74) is 5.94. The van der Waals surface area contributed by atoms with Crippen LogP contribution in [-0.2, 0) is 6.54 Å². The summed E-state index contributed by atoms with van der Waals surface area (Å²) in [5.74, 6) is -0.159. The molecule has 0 bridgehead atoms. The van der Waals surface area contributed by atoms with E-state index < -0.39 is 13.0 Å². The van der Waals surface area contributed by atoms with Crippen molar-refractivity contribution in [3.05, 3.63) is 24.0 Å². The number of carbonyl (C=O) groups excluding carboxylic acids is 1. The van der Waals surface area contributed by atoms with Crippen molar-refractivity contribution in [2.75, 3.05) is 13.1 Å². The molecule has 4 nitrogen and oxygen atoms in total. The molecule has 1 aliphatic heterocycles. The highest BCUT2D eigenvalue weighted by Gasteiger charge is 2.28. The van der Waals surface area contributed by atoms with Crippen LogP contribution in [0.4, 0.5) is 8.78 Å². The Bertz CT molecular complexity index is 445. The van der Waals surface area contributed by atoms with Crippen molar-refractivity contribution in [3.8, 4) is 0 Å². The Hall–Kier alpha value is -1.43. The molecule has 2 N–H and O–H groups in total. The molecule has 112 valence electrons. The number of aromatic nitrogens is 1. The first-order valence-corrected chi connectivity index (χ1v) is 7.07. The van der Waals surface area contributed by atoms with Crippen molar-refractivity contribution < 1.29 is 13.6 Å². The normalized spacial score (nSPS) is 19.6. The molecule has 0 saturated carbocycles. The number of likely N-dealkylation sites (tertiary alicyclic amines) is 1. The summed E-state index contributed by atoms with van der Waals surface area (Å²) >= 11 is 0. The summed E-state index contributed by atoms with van der Waals surface area (Å²) < 4.78 is 26.4. The molecule has 2 rings (SSSR count). The Morgan fingerprint density at radius 1 is 1.45 bits per heavy atom. The molecule has 0 radical (unpaired) electrons. The van der Waals surface area contributed by atoms with E-state index in [2.05, 4.69) is 0 Å². The third kappa shape index (κ3) is 3.36. The molecule has 1 atom stereocenters. The Balaban J connectivity index is 2.14. The molecule has 1 amide bonds. The summed E-state index contributed by atoms with van der Waals surface area (Å²) in [6.45, 7) is 0.777. The van der Waals surface area contributed by atoms with Gasteiger partial charge < -0.3 is 15.2 Å². The first-order valence-electron chi connectivity index (χ1n) is 7.07. The largest absolute Gasteiger partial charge is 0.338 e. The lowest BCUT2D eigenvalue weighted by molar-refractivity contribution is 0.0586. The predicted molar refractivity (Wildman–Crippen MR) is 72.8 cm³/mol. The van der Waals surface area contributed by atoms with Crippen LogP contribution in [0.15, 0.2) is 18.3 Å². The maximum absolute atomic E-state index is 12.6. The number of nitrogens with two attached hydrogens (primary N) is 1. The van der Waals surface area contributed by atoms with Crippen molar-refractivity contribution in [1.82, 2.24) is 9.47 Å². The van der Waals surface area contributed by atoms with E-state index in [4.69, 9.17) is 5.73 Å². The van der Waals surface area contributed by atoms with E-state index in [1.165, 1.54) is 10.8 Å². The Morgan fingerprint density at radius 2 is 2.25 bits per heavy atom. The van der Waals surface area contributed by atoms with E-state index in [0.717, 1.165) is 25.7 Å². The molecule has 1 saturated heterocycles. The Labute approximate surface area is 117 Å². The number of hydrogen-bond acceptors (Lipinski definition) is 2. The van der Waals surface area contributed by atoms with E-state index in [1.54, 1.807) is 17.0 Å². The zero-order valence-corrected chi connectivity index (χ0v) is 11.5. The molecule has 1 aliphatic rings. The van der Waals surface area contributed by atoms with Gasteiger partial charge in [0, 0.05) is 18.8 Å². The number of piperidine rings is 1. The third-order valence-electron chi connectivity index (χ3n) is 3.77. The third-order valence-corrected chi connectivity index (χ3v) is 3.77. The second kappa shape index (κ2) is 6.83. The van der Waals surface area contributed by atoms with Gasteiger partial charge in [0.2, 0.25) is 0 Å². The maximum atomic E-state index is 12.6. The monoisotopic (exact) mass is 285 g/mol. The molecule has 1 aromatic heterocycles. The predicted octanol–water partition coefficient (Wildman–Crippen LogP) is 2.10. The van der Waals surface area contributed by atoms with Gasteiger partial charge in [0.15, 0.2) is 0 Å². The van der Waals surface area contributed by atoms with Crippen LogP contribution in [0.5, 0.6) is 0 Å². The minimum absolute atomic E-state index is 0.135. The van der Waals surface area contributed by atoms with Crippen molar-refractivity contribution >= 4 is 5.91 Å². The van der Waals surface area contributed by atoms with Crippen LogP contribution in [0, 0.1) is 0 Å². The lowest BCUT2D eigenvalue weighted by atomic mass is 9.99. The fourth-order valence-corrected chi connectivity index (χ4v) is 2.82. The molecule has 0 aliphatic carbocycles. The van der Waals surface area contributed by atoms with E-state index in [1.807, 2.05) is 0 Å². The molecular formula is C14H21F2N3O. The van der Waals surface area contributed by atoms with Crippen molar-refractivity contribution in [2.45, 2.75) is 44.7 Å². The van der Waals surface area contributed by atoms with Crippen LogP contribution in [-0.4, -0.2) is 40.9 Å². The molecule has 6 heteroatoms. The van der Waals surface area contributed by atoms with Crippen LogP contribution in [0.2, 0.25) is 0 Å². The zero-order chi connectivity index (χ0) is 14.5. The van der Waals surface area contributed by atoms with Crippen LogP contribution in [0.3, 0.4) is 0 Å². The summed E-state index contributed by atoms with van der Waals surface area (Å²) in [6.07, 6.45) is 2.82. The summed E-state index contributed by atoms with van der Waals surface area (Å²) in [5, 5.41) is 0. The van der Waals surface area contributed by atoms with Gasteiger partial charge in [-0.05, 0) is 44.4 Å². The highest BCUT2D eigenvalue weighted by Crippen LogP contribution is 2.22. The Kier molecular flexibility index (Phi) is 5.11. The van der Waals surface area contributed by atoms with Gasteiger partial charge in [-0.15, -0.1) is 0 Å².